The van der Waals surface area contributed by atoms with Crippen LogP contribution in [0, 0.1) is 19.8 Å². The molecule has 2 aliphatic rings. The van der Waals surface area contributed by atoms with Gasteiger partial charge >= 0.3 is 12.1 Å². The number of nitrogens with zero attached hydrogens (tertiary/aromatic N) is 3. The molecule has 1 aliphatic heterocycles. The summed E-state index contributed by atoms with van der Waals surface area (Å²) in [7, 11) is 0. The Morgan fingerprint density at radius 3 is 2.50 bits per heavy atom. The molecule has 6 nitrogen and oxygen atoms in total. The van der Waals surface area contributed by atoms with Gasteiger partial charge in [0.25, 0.3) is 0 Å². The first-order valence-corrected chi connectivity index (χ1v) is 11.5. The molecule has 4 rings (SSSR count). The average molecular weight is 517 g/mol. The molecular weight excluding hydrogens is 489 g/mol. The van der Waals surface area contributed by atoms with E-state index in [0.29, 0.717) is 36.8 Å². The molecular formula is C22H28BrF3N4O2. The van der Waals surface area contributed by atoms with E-state index in [1.807, 2.05) is 11.5 Å². The predicted molar refractivity (Wildman–Crippen MR) is 121 cm³/mol. The number of hydrogen-bond donors (Lipinski definition) is 2. The number of hydrogen-bond acceptors (Lipinski definition) is 4. The number of carboxylic acid groups (broad SMARTS) is 1. The third-order valence-corrected chi connectivity index (χ3v) is 6.07. The molecule has 1 saturated carbocycles. The predicted octanol–water partition coefficient (Wildman–Crippen LogP) is 5.22. The average Bonchev–Trinajstić information content (AvgIpc) is 3.29. The molecule has 0 atom stereocenters. The Hall–Kier alpha value is -2.07. The van der Waals surface area contributed by atoms with Gasteiger partial charge in [0.2, 0.25) is 5.95 Å². The molecule has 0 saturated heterocycles. The molecule has 0 unspecified atom stereocenters. The Morgan fingerprint density at radius 1 is 1.28 bits per heavy atom. The molecule has 2 heterocycles. The van der Waals surface area contributed by atoms with Crippen molar-refractivity contribution in [3.05, 3.63) is 39.1 Å². The second-order valence-electron chi connectivity index (χ2n) is 8.27. The van der Waals surface area contributed by atoms with E-state index in [0.717, 1.165) is 41.1 Å². The lowest BCUT2D eigenvalue weighted by molar-refractivity contribution is -0.124. The topological polar surface area (TPSA) is 70.4 Å². The highest BCUT2D eigenvalue weighted by Crippen LogP contribution is 2.39. The summed E-state index contributed by atoms with van der Waals surface area (Å²) in [5, 5.41) is 11.8. The SMILES string of the molecule is CCc1nc2n(c1C(=O)O)CCN2c1c(C)cc(C)cc1Br.FC(F)(F)CNCC1CC1. The van der Waals surface area contributed by atoms with Crippen LogP contribution < -0.4 is 10.2 Å². The Bertz CT molecular complexity index is 963. The minimum absolute atomic E-state index is 0.320. The summed E-state index contributed by atoms with van der Waals surface area (Å²) in [6.45, 7) is 7.12. The minimum atomic E-state index is -4.05. The maximum atomic E-state index is 11.5. The van der Waals surface area contributed by atoms with Crippen LogP contribution in [0.5, 0.6) is 0 Å². The fourth-order valence-electron chi connectivity index (χ4n) is 3.89. The lowest BCUT2D eigenvalue weighted by Gasteiger charge is -2.21. The molecule has 176 valence electrons. The third kappa shape index (κ3) is 5.83. The van der Waals surface area contributed by atoms with Crippen molar-refractivity contribution in [3.63, 3.8) is 0 Å². The molecule has 1 aromatic heterocycles. The van der Waals surface area contributed by atoms with Gasteiger partial charge in [0.1, 0.15) is 0 Å². The number of carbonyl (C=O) groups is 1. The standard InChI is InChI=1S/C16H18BrN3O2.C6H10F3N/c1-4-12-14(15(21)22)20-6-5-19(16(20)18-12)13-10(3)7-9(2)8-11(13)17;7-6(8,9)4-10-3-5-1-2-5/h7-8H,4-6H2,1-3H3,(H,21,22);5,10H,1-4H2. The normalized spacial score (nSPS) is 15.4. The number of benzene rings is 1. The van der Waals surface area contributed by atoms with E-state index >= 15 is 0 Å². The second-order valence-corrected chi connectivity index (χ2v) is 9.13. The zero-order chi connectivity index (χ0) is 23.6. The highest BCUT2D eigenvalue weighted by molar-refractivity contribution is 9.10. The number of aromatic carboxylic acids is 1. The summed E-state index contributed by atoms with van der Waals surface area (Å²) in [4.78, 5) is 18.2. The van der Waals surface area contributed by atoms with E-state index in [1.165, 1.54) is 5.56 Å². The monoisotopic (exact) mass is 516 g/mol. The summed E-state index contributed by atoms with van der Waals surface area (Å²) < 4.78 is 37.2. The van der Waals surface area contributed by atoms with Crippen molar-refractivity contribution >= 4 is 33.5 Å². The Kier molecular flexibility index (Phi) is 7.54. The second kappa shape index (κ2) is 9.82. The summed E-state index contributed by atoms with van der Waals surface area (Å²) in [5.74, 6) is 0.335. The molecule has 0 amide bonds. The van der Waals surface area contributed by atoms with Crippen LogP contribution in [0.3, 0.4) is 0 Å². The highest BCUT2D eigenvalue weighted by Gasteiger charge is 2.32. The number of rotatable bonds is 6. The van der Waals surface area contributed by atoms with Crippen molar-refractivity contribution in [2.45, 2.75) is 52.8 Å². The number of anilines is 2. The molecule has 32 heavy (non-hydrogen) atoms. The zero-order valence-electron chi connectivity index (χ0n) is 18.4. The maximum absolute atomic E-state index is 11.5. The van der Waals surface area contributed by atoms with Gasteiger partial charge in [-0.2, -0.15) is 13.2 Å². The smallest absolute Gasteiger partial charge is 0.401 e. The van der Waals surface area contributed by atoms with Gasteiger partial charge in [-0.15, -0.1) is 0 Å². The van der Waals surface area contributed by atoms with Crippen molar-refractivity contribution in [3.8, 4) is 0 Å². The largest absolute Gasteiger partial charge is 0.477 e. The van der Waals surface area contributed by atoms with Crippen LogP contribution in [-0.4, -0.2) is 46.4 Å². The van der Waals surface area contributed by atoms with Gasteiger partial charge in [-0.1, -0.05) is 13.0 Å². The zero-order valence-corrected chi connectivity index (χ0v) is 20.0. The van der Waals surface area contributed by atoms with Gasteiger partial charge in [-0.05, 0) is 78.7 Å². The van der Waals surface area contributed by atoms with E-state index in [-0.39, 0.29) is 0 Å². The fourth-order valence-corrected chi connectivity index (χ4v) is 4.78. The van der Waals surface area contributed by atoms with Crippen LogP contribution in [-0.2, 0) is 13.0 Å². The molecule has 10 heteroatoms. The van der Waals surface area contributed by atoms with E-state index in [4.69, 9.17) is 0 Å². The quantitative estimate of drug-likeness (QED) is 0.550. The molecule has 2 aromatic rings. The highest BCUT2D eigenvalue weighted by atomic mass is 79.9. The van der Waals surface area contributed by atoms with Gasteiger partial charge < -0.3 is 19.9 Å². The molecule has 0 radical (unpaired) electrons. The summed E-state index contributed by atoms with van der Waals surface area (Å²) in [5.41, 5.74) is 4.37. The number of fused-ring (bicyclic) bond motifs is 1. The van der Waals surface area contributed by atoms with Crippen LogP contribution in [0.1, 0.15) is 47.1 Å². The van der Waals surface area contributed by atoms with Crippen molar-refractivity contribution in [1.29, 1.82) is 0 Å². The number of carboxylic acids is 1. The van der Waals surface area contributed by atoms with Gasteiger partial charge in [0.05, 0.1) is 17.9 Å². The molecule has 0 bridgehead atoms. The first kappa shape index (κ1) is 24.6. The van der Waals surface area contributed by atoms with Crippen LogP contribution in [0.15, 0.2) is 16.6 Å². The minimum Gasteiger partial charge on any atom is -0.477 e. The Balaban J connectivity index is 0.000000243. The van der Waals surface area contributed by atoms with Crippen LogP contribution in [0.25, 0.3) is 0 Å². The summed E-state index contributed by atoms with van der Waals surface area (Å²) in [6, 6.07) is 4.21. The summed E-state index contributed by atoms with van der Waals surface area (Å²) in [6.07, 6.45) is -1.26. The third-order valence-electron chi connectivity index (χ3n) is 5.47. The number of aromatic nitrogens is 2. The molecule has 1 fully saturated rings. The molecule has 2 N–H and O–H groups in total. The van der Waals surface area contributed by atoms with E-state index in [2.05, 4.69) is 57.1 Å². The number of alkyl halides is 3. The van der Waals surface area contributed by atoms with Crippen LogP contribution in [0.2, 0.25) is 0 Å². The maximum Gasteiger partial charge on any atom is 0.401 e. The Morgan fingerprint density at radius 2 is 1.97 bits per heavy atom. The number of nitrogens with one attached hydrogen (secondary N) is 1. The van der Waals surface area contributed by atoms with Crippen LogP contribution in [0.4, 0.5) is 24.8 Å². The van der Waals surface area contributed by atoms with Gasteiger partial charge in [0.15, 0.2) is 5.69 Å². The van der Waals surface area contributed by atoms with Gasteiger partial charge in [-0.3, -0.25) is 0 Å². The van der Waals surface area contributed by atoms with Crippen molar-refractivity contribution in [2.24, 2.45) is 5.92 Å². The van der Waals surface area contributed by atoms with E-state index in [9.17, 15) is 23.1 Å². The van der Waals surface area contributed by atoms with E-state index in [1.54, 1.807) is 0 Å². The van der Waals surface area contributed by atoms with E-state index < -0.39 is 18.7 Å². The van der Waals surface area contributed by atoms with Crippen molar-refractivity contribution in [2.75, 3.05) is 24.5 Å². The molecule has 1 aliphatic carbocycles. The van der Waals surface area contributed by atoms with Crippen LogP contribution >= 0.6 is 15.9 Å². The molecule has 0 spiro atoms. The fraction of sp³-hybridized carbons (Fsp3) is 0.545. The molecule has 1 aromatic carbocycles. The number of halogens is 4. The number of imidazole rings is 1. The first-order chi connectivity index (χ1) is 15.0. The van der Waals surface area contributed by atoms with Crippen molar-refractivity contribution < 1.29 is 23.1 Å². The first-order valence-electron chi connectivity index (χ1n) is 10.7. The number of aryl methyl sites for hydroxylation is 3. The van der Waals surface area contributed by atoms with Gasteiger partial charge in [-0.25, -0.2) is 9.78 Å². The van der Waals surface area contributed by atoms with Crippen molar-refractivity contribution in [1.82, 2.24) is 14.9 Å². The lowest BCUT2D eigenvalue weighted by Crippen LogP contribution is -2.30. The summed E-state index contributed by atoms with van der Waals surface area (Å²) >= 11 is 3.64. The Labute approximate surface area is 193 Å². The van der Waals surface area contributed by atoms with Gasteiger partial charge in [0, 0.05) is 17.6 Å². The lowest BCUT2D eigenvalue weighted by atomic mass is 10.1.